The average molecular weight is 480 g/mol. The molecule has 2 aromatic rings. The Bertz CT molecular complexity index is 917. The molecule has 2 aromatic carbocycles. The van der Waals surface area contributed by atoms with Gasteiger partial charge in [-0.15, -0.1) is 0 Å². The molecule has 0 aliphatic carbocycles. The minimum Gasteiger partial charge on any atom is -0.490 e. The maximum Gasteiger partial charge on any atom is 0.416 e. The van der Waals surface area contributed by atoms with Crippen molar-refractivity contribution in [3.8, 4) is 17.2 Å². The third-order valence-electron chi connectivity index (χ3n) is 4.01. The zero-order chi connectivity index (χ0) is 24.8. The van der Waals surface area contributed by atoms with Crippen LogP contribution in [0, 0.1) is 0 Å². The number of carbonyl (C=O) groups is 1. The Morgan fingerprint density at radius 2 is 1.09 bits per heavy atom. The summed E-state index contributed by atoms with van der Waals surface area (Å²) in [6.07, 6.45) is -10.1. The van der Waals surface area contributed by atoms with E-state index >= 15 is 0 Å². The second-order valence-corrected chi connectivity index (χ2v) is 6.47. The fourth-order valence-electron chi connectivity index (χ4n) is 2.78. The first kappa shape index (κ1) is 25.9. The Labute approximate surface area is 185 Å². The van der Waals surface area contributed by atoms with Gasteiger partial charge in [0.1, 0.15) is 0 Å². The van der Waals surface area contributed by atoms with Gasteiger partial charge in [-0.05, 0) is 39.0 Å². The number of amides is 2. The molecule has 182 valence electrons. The zero-order valence-electron chi connectivity index (χ0n) is 17.9. The van der Waals surface area contributed by atoms with Crippen LogP contribution in [0.15, 0.2) is 30.3 Å². The number of benzene rings is 2. The number of hydrogen-bond donors (Lipinski definition) is 2. The first-order valence-electron chi connectivity index (χ1n) is 9.82. The molecule has 0 aliphatic heterocycles. The third-order valence-corrected chi connectivity index (χ3v) is 4.01. The predicted molar refractivity (Wildman–Crippen MR) is 109 cm³/mol. The van der Waals surface area contributed by atoms with E-state index in [4.69, 9.17) is 14.2 Å². The molecule has 0 spiro atoms. The van der Waals surface area contributed by atoms with E-state index in [1.807, 2.05) is 5.32 Å². The molecule has 0 saturated heterocycles. The Morgan fingerprint density at radius 3 is 1.45 bits per heavy atom. The molecule has 0 aliphatic rings. The smallest absolute Gasteiger partial charge is 0.416 e. The molecule has 6 nitrogen and oxygen atoms in total. The lowest BCUT2D eigenvalue weighted by molar-refractivity contribution is -0.143. The Kier molecular flexibility index (Phi) is 8.29. The SMILES string of the molecule is CCOc1cc(NC(=O)Nc2cc(C(F)(F)F)cc(C(F)(F)F)c2)cc(OCC)c1OCC. The lowest BCUT2D eigenvalue weighted by Gasteiger charge is -2.18. The van der Waals surface area contributed by atoms with E-state index in [0.29, 0.717) is 24.5 Å². The summed E-state index contributed by atoms with van der Waals surface area (Å²) in [6, 6.07) is 2.50. The van der Waals surface area contributed by atoms with E-state index < -0.39 is 35.2 Å². The molecule has 0 atom stereocenters. The molecule has 0 heterocycles. The number of alkyl halides is 6. The molecule has 2 rings (SSSR count). The van der Waals surface area contributed by atoms with Gasteiger partial charge in [-0.25, -0.2) is 4.79 Å². The van der Waals surface area contributed by atoms with Crippen LogP contribution in [0.1, 0.15) is 31.9 Å². The number of anilines is 2. The Balaban J connectivity index is 2.35. The van der Waals surface area contributed by atoms with E-state index in [-0.39, 0.29) is 36.5 Å². The number of carbonyl (C=O) groups excluding carboxylic acids is 1. The lowest BCUT2D eigenvalue weighted by atomic mass is 10.1. The first-order chi connectivity index (χ1) is 15.4. The number of nitrogens with one attached hydrogen (secondary N) is 2. The van der Waals surface area contributed by atoms with Crippen molar-refractivity contribution in [1.29, 1.82) is 0 Å². The molecule has 0 saturated carbocycles. The molecule has 33 heavy (non-hydrogen) atoms. The van der Waals surface area contributed by atoms with Crippen LogP contribution in [0.2, 0.25) is 0 Å². The summed E-state index contributed by atoms with van der Waals surface area (Å²) in [5, 5.41) is 4.34. The maximum atomic E-state index is 13.0. The highest BCUT2D eigenvalue weighted by Crippen LogP contribution is 2.41. The lowest BCUT2D eigenvalue weighted by Crippen LogP contribution is -2.21. The van der Waals surface area contributed by atoms with Crippen LogP contribution in [0.4, 0.5) is 42.5 Å². The monoisotopic (exact) mass is 480 g/mol. The standard InChI is InChI=1S/C21H22F6N2O4/c1-4-31-16-10-15(11-17(32-5-2)18(16)33-6-3)29-19(30)28-14-8-12(20(22,23)24)7-13(9-14)21(25,26)27/h7-11H,4-6H2,1-3H3,(H2,28,29,30). The van der Waals surface area contributed by atoms with Gasteiger partial charge in [0, 0.05) is 17.8 Å². The highest BCUT2D eigenvalue weighted by molar-refractivity contribution is 6.00. The summed E-state index contributed by atoms with van der Waals surface area (Å²) in [5.41, 5.74) is -3.67. The zero-order valence-corrected chi connectivity index (χ0v) is 17.9. The van der Waals surface area contributed by atoms with Crippen molar-refractivity contribution in [2.45, 2.75) is 33.1 Å². The molecular weight excluding hydrogens is 458 g/mol. The molecule has 0 fully saturated rings. The number of ether oxygens (including phenoxy) is 3. The second-order valence-electron chi connectivity index (χ2n) is 6.47. The molecule has 0 radical (unpaired) electrons. The minimum atomic E-state index is -5.04. The predicted octanol–water partition coefficient (Wildman–Crippen LogP) is 6.56. The fourth-order valence-corrected chi connectivity index (χ4v) is 2.78. The van der Waals surface area contributed by atoms with Crippen molar-refractivity contribution in [3.63, 3.8) is 0 Å². The van der Waals surface area contributed by atoms with Gasteiger partial charge in [0.15, 0.2) is 11.5 Å². The molecular formula is C21H22F6N2O4. The highest BCUT2D eigenvalue weighted by atomic mass is 19.4. The van der Waals surface area contributed by atoms with Crippen molar-refractivity contribution < 1.29 is 45.3 Å². The molecule has 2 amide bonds. The van der Waals surface area contributed by atoms with E-state index in [9.17, 15) is 31.1 Å². The van der Waals surface area contributed by atoms with Crippen LogP contribution in [0.25, 0.3) is 0 Å². The molecule has 12 heteroatoms. The molecule has 0 bridgehead atoms. The largest absolute Gasteiger partial charge is 0.490 e. The van der Waals surface area contributed by atoms with Crippen molar-refractivity contribution in [3.05, 3.63) is 41.5 Å². The van der Waals surface area contributed by atoms with Gasteiger partial charge in [-0.2, -0.15) is 26.3 Å². The average Bonchev–Trinajstić information content (AvgIpc) is 2.69. The van der Waals surface area contributed by atoms with Crippen molar-refractivity contribution in [1.82, 2.24) is 0 Å². The van der Waals surface area contributed by atoms with Gasteiger partial charge in [0.25, 0.3) is 0 Å². The van der Waals surface area contributed by atoms with Gasteiger partial charge in [0.05, 0.1) is 36.6 Å². The number of hydrogen-bond acceptors (Lipinski definition) is 4. The Morgan fingerprint density at radius 1 is 0.697 bits per heavy atom. The maximum absolute atomic E-state index is 13.0. The number of rotatable bonds is 8. The van der Waals surface area contributed by atoms with Gasteiger partial charge >= 0.3 is 18.4 Å². The summed E-state index contributed by atoms with van der Waals surface area (Å²) in [4.78, 5) is 12.4. The molecule has 0 aromatic heterocycles. The van der Waals surface area contributed by atoms with Crippen LogP contribution >= 0.6 is 0 Å². The van der Waals surface area contributed by atoms with E-state index in [0.717, 1.165) is 0 Å². The first-order valence-corrected chi connectivity index (χ1v) is 9.82. The summed E-state index contributed by atoms with van der Waals surface area (Å²) >= 11 is 0. The highest BCUT2D eigenvalue weighted by Gasteiger charge is 2.37. The van der Waals surface area contributed by atoms with Gasteiger partial charge < -0.3 is 24.8 Å². The summed E-state index contributed by atoms with van der Waals surface area (Å²) < 4.78 is 94.6. The van der Waals surface area contributed by atoms with Crippen molar-refractivity contribution in [2.24, 2.45) is 0 Å². The topological polar surface area (TPSA) is 68.8 Å². The van der Waals surface area contributed by atoms with Crippen LogP contribution in [0.3, 0.4) is 0 Å². The summed E-state index contributed by atoms with van der Waals surface area (Å²) in [5.74, 6) is 0.762. The number of urea groups is 1. The van der Waals surface area contributed by atoms with Gasteiger partial charge in [-0.3, -0.25) is 0 Å². The third kappa shape index (κ3) is 7.09. The van der Waals surface area contributed by atoms with Gasteiger partial charge in [-0.1, -0.05) is 0 Å². The van der Waals surface area contributed by atoms with Gasteiger partial charge in [0.2, 0.25) is 5.75 Å². The van der Waals surface area contributed by atoms with Crippen molar-refractivity contribution >= 4 is 17.4 Å². The summed E-state index contributed by atoms with van der Waals surface area (Å²) in [7, 11) is 0. The minimum absolute atomic E-state index is 0.0295. The van der Waals surface area contributed by atoms with Crippen LogP contribution in [-0.4, -0.2) is 25.9 Å². The molecule has 2 N–H and O–H groups in total. The quantitative estimate of drug-likeness (QED) is 0.420. The summed E-state index contributed by atoms with van der Waals surface area (Å²) in [6.45, 7) is 5.99. The van der Waals surface area contributed by atoms with E-state index in [1.54, 1.807) is 20.8 Å². The van der Waals surface area contributed by atoms with Crippen LogP contribution in [-0.2, 0) is 12.4 Å². The van der Waals surface area contributed by atoms with E-state index in [2.05, 4.69) is 5.32 Å². The number of halogens is 6. The Hall–Kier alpha value is -3.31. The fraction of sp³-hybridized carbons (Fsp3) is 0.381. The second kappa shape index (κ2) is 10.5. The van der Waals surface area contributed by atoms with E-state index in [1.165, 1.54) is 12.1 Å². The van der Waals surface area contributed by atoms with Crippen molar-refractivity contribution in [2.75, 3.05) is 30.5 Å². The molecule has 0 unspecified atom stereocenters. The normalized spacial score (nSPS) is 11.7. The van der Waals surface area contributed by atoms with Crippen LogP contribution in [0.5, 0.6) is 17.2 Å². The van der Waals surface area contributed by atoms with Crippen LogP contribution < -0.4 is 24.8 Å².